The van der Waals surface area contributed by atoms with E-state index in [0.29, 0.717) is 24.6 Å². The average Bonchev–Trinajstić information content (AvgIpc) is 2.95. The van der Waals surface area contributed by atoms with E-state index in [4.69, 9.17) is 14.2 Å². The second-order valence-corrected chi connectivity index (χ2v) is 7.74. The number of nitrogens with zero attached hydrogens (tertiary/aromatic N) is 1. The summed E-state index contributed by atoms with van der Waals surface area (Å²) in [6.45, 7) is 1.61. The van der Waals surface area contributed by atoms with Crippen LogP contribution in [0.5, 0.6) is 0 Å². The number of nitrogens with one attached hydrogen (secondary N) is 1. The molecule has 0 unspecified atom stereocenters. The molecule has 0 atom stereocenters. The number of pyridine rings is 1. The second-order valence-electron chi connectivity index (χ2n) is 5.99. The Balaban J connectivity index is 1.55. The summed E-state index contributed by atoms with van der Waals surface area (Å²) in [6, 6.07) is 3.37. The maximum Gasteiger partial charge on any atom is 0.229 e. The van der Waals surface area contributed by atoms with Crippen LogP contribution in [-0.4, -0.2) is 44.8 Å². The molecule has 7 nitrogen and oxygen atoms in total. The highest BCUT2D eigenvalue weighted by molar-refractivity contribution is 7.92. The first-order chi connectivity index (χ1) is 11.0. The SMILES string of the molecule is CS(=O)(=O)Nc1cccnc1COC1CCC2(CC1)OCCO2. The Hall–Kier alpha value is -1.22. The minimum atomic E-state index is -3.34. The highest BCUT2D eigenvalue weighted by atomic mass is 32.2. The van der Waals surface area contributed by atoms with Gasteiger partial charge in [-0.3, -0.25) is 9.71 Å². The smallest absolute Gasteiger partial charge is 0.229 e. The monoisotopic (exact) mass is 342 g/mol. The minimum Gasteiger partial charge on any atom is -0.372 e. The van der Waals surface area contributed by atoms with E-state index in [2.05, 4.69) is 9.71 Å². The zero-order valence-electron chi connectivity index (χ0n) is 13.2. The first-order valence-corrected chi connectivity index (χ1v) is 9.66. The van der Waals surface area contributed by atoms with Crippen LogP contribution in [0.15, 0.2) is 18.3 Å². The zero-order valence-corrected chi connectivity index (χ0v) is 14.0. The van der Waals surface area contributed by atoms with E-state index in [1.165, 1.54) is 0 Å². The van der Waals surface area contributed by atoms with Crippen molar-refractivity contribution in [2.75, 3.05) is 24.2 Å². The minimum absolute atomic E-state index is 0.113. The van der Waals surface area contributed by atoms with Crippen LogP contribution in [0.2, 0.25) is 0 Å². The molecule has 0 amide bonds. The topological polar surface area (TPSA) is 86.8 Å². The van der Waals surface area contributed by atoms with E-state index in [1.807, 2.05) is 0 Å². The number of aromatic nitrogens is 1. The van der Waals surface area contributed by atoms with Gasteiger partial charge in [0.2, 0.25) is 10.0 Å². The van der Waals surface area contributed by atoms with E-state index in [-0.39, 0.29) is 12.7 Å². The molecule has 128 valence electrons. The lowest BCUT2D eigenvalue weighted by Gasteiger charge is -2.35. The molecule has 23 heavy (non-hydrogen) atoms. The molecule has 2 fully saturated rings. The van der Waals surface area contributed by atoms with Gasteiger partial charge in [0.15, 0.2) is 5.79 Å². The first kappa shape index (κ1) is 16.6. The van der Waals surface area contributed by atoms with Crippen molar-refractivity contribution in [1.82, 2.24) is 4.98 Å². The molecule has 1 aromatic rings. The summed E-state index contributed by atoms with van der Waals surface area (Å²) >= 11 is 0. The van der Waals surface area contributed by atoms with Gasteiger partial charge < -0.3 is 14.2 Å². The molecular weight excluding hydrogens is 320 g/mol. The third-order valence-corrected chi connectivity index (χ3v) is 4.74. The Morgan fingerprint density at radius 3 is 2.70 bits per heavy atom. The van der Waals surface area contributed by atoms with Gasteiger partial charge in [0.05, 0.1) is 43.6 Å². The van der Waals surface area contributed by atoms with Gasteiger partial charge in [-0.05, 0) is 25.0 Å². The number of hydrogen-bond donors (Lipinski definition) is 1. The normalized spacial score (nSPS) is 21.6. The molecule has 1 saturated carbocycles. The summed E-state index contributed by atoms with van der Waals surface area (Å²) in [6.07, 6.45) is 6.24. The van der Waals surface area contributed by atoms with Crippen molar-refractivity contribution in [3.63, 3.8) is 0 Å². The zero-order chi connectivity index (χ0) is 16.3. The largest absolute Gasteiger partial charge is 0.372 e. The number of anilines is 1. The van der Waals surface area contributed by atoms with Crippen LogP contribution in [0.4, 0.5) is 5.69 Å². The Kier molecular flexibility index (Phi) is 4.86. The van der Waals surface area contributed by atoms with E-state index in [9.17, 15) is 8.42 Å². The number of sulfonamides is 1. The fourth-order valence-electron chi connectivity index (χ4n) is 3.03. The van der Waals surface area contributed by atoms with Crippen LogP contribution < -0.4 is 4.72 Å². The first-order valence-electron chi connectivity index (χ1n) is 7.77. The quantitative estimate of drug-likeness (QED) is 0.876. The molecule has 2 aliphatic rings. The van der Waals surface area contributed by atoms with E-state index < -0.39 is 15.8 Å². The third kappa shape index (κ3) is 4.41. The molecule has 1 aromatic heterocycles. The molecule has 1 saturated heterocycles. The molecule has 1 N–H and O–H groups in total. The van der Waals surface area contributed by atoms with E-state index in [1.54, 1.807) is 18.3 Å². The van der Waals surface area contributed by atoms with Crippen molar-refractivity contribution in [1.29, 1.82) is 0 Å². The molecule has 3 rings (SSSR count). The highest BCUT2D eigenvalue weighted by Crippen LogP contribution is 2.37. The van der Waals surface area contributed by atoms with Gasteiger partial charge in [0.25, 0.3) is 0 Å². The standard InChI is InChI=1S/C15H22N2O5S/c1-23(18,19)17-13-3-2-8-16-14(13)11-20-12-4-6-15(7-5-12)21-9-10-22-15/h2-3,8,12,17H,4-7,9-11H2,1H3. The van der Waals surface area contributed by atoms with Crippen LogP contribution in [-0.2, 0) is 30.8 Å². The van der Waals surface area contributed by atoms with Gasteiger partial charge >= 0.3 is 0 Å². The predicted octanol–water partition coefficient (Wildman–Crippen LogP) is 1.66. The van der Waals surface area contributed by atoms with Crippen LogP contribution >= 0.6 is 0 Å². The van der Waals surface area contributed by atoms with Gasteiger partial charge in [0.1, 0.15) is 0 Å². The Morgan fingerprint density at radius 1 is 1.35 bits per heavy atom. The van der Waals surface area contributed by atoms with E-state index in [0.717, 1.165) is 31.9 Å². The molecule has 2 heterocycles. The van der Waals surface area contributed by atoms with Crippen molar-refractivity contribution in [2.24, 2.45) is 0 Å². The van der Waals surface area contributed by atoms with Crippen molar-refractivity contribution >= 4 is 15.7 Å². The summed E-state index contributed by atoms with van der Waals surface area (Å²) in [5.74, 6) is -0.395. The molecule has 0 radical (unpaired) electrons. The van der Waals surface area contributed by atoms with Crippen LogP contribution in [0.3, 0.4) is 0 Å². The second kappa shape index (κ2) is 6.72. The Bertz CT molecular complexity index is 633. The summed E-state index contributed by atoms with van der Waals surface area (Å²) in [4.78, 5) is 4.22. The number of ether oxygens (including phenoxy) is 3. The van der Waals surface area contributed by atoms with Gasteiger partial charge in [-0.25, -0.2) is 8.42 Å². The molecule has 8 heteroatoms. The third-order valence-electron chi connectivity index (χ3n) is 4.15. The van der Waals surface area contributed by atoms with Gasteiger partial charge in [-0.1, -0.05) is 0 Å². The predicted molar refractivity (Wildman–Crippen MR) is 84.4 cm³/mol. The maximum atomic E-state index is 11.4. The highest BCUT2D eigenvalue weighted by Gasteiger charge is 2.40. The average molecular weight is 342 g/mol. The lowest BCUT2D eigenvalue weighted by Crippen LogP contribution is -2.37. The molecule has 1 aliphatic carbocycles. The van der Waals surface area contributed by atoms with Gasteiger partial charge in [-0.15, -0.1) is 0 Å². The summed E-state index contributed by atoms with van der Waals surface area (Å²) in [7, 11) is -3.34. The molecule has 0 bridgehead atoms. The lowest BCUT2D eigenvalue weighted by atomic mass is 9.92. The van der Waals surface area contributed by atoms with Crippen molar-refractivity contribution in [2.45, 2.75) is 44.2 Å². The fourth-order valence-corrected chi connectivity index (χ4v) is 3.61. The summed E-state index contributed by atoms with van der Waals surface area (Å²) < 4.78 is 42.6. The molecule has 1 aliphatic heterocycles. The van der Waals surface area contributed by atoms with Crippen molar-refractivity contribution in [3.8, 4) is 0 Å². The molecular formula is C15H22N2O5S. The van der Waals surface area contributed by atoms with Gasteiger partial charge in [-0.2, -0.15) is 0 Å². The van der Waals surface area contributed by atoms with Crippen LogP contribution in [0, 0.1) is 0 Å². The Morgan fingerprint density at radius 2 is 2.04 bits per heavy atom. The summed E-state index contributed by atoms with van der Waals surface area (Å²) in [5.41, 5.74) is 1.05. The fraction of sp³-hybridized carbons (Fsp3) is 0.667. The van der Waals surface area contributed by atoms with Gasteiger partial charge in [0, 0.05) is 19.0 Å². The van der Waals surface area contributed by atoms with Crippen LogP contribution in [0.1, 0.15) is 31.4 Å². The summed E-state index contributed by atoms with van der Waals surface area (Å²) in [5, 5.41) is 0. The van der Waals surface area contributed by atoms with Crippen molar-refractivity contribution in [3.05, 3.63) is 24.0 Å². The number of hydrogen-bond acceptors (Lipinski definition) is 6. The Labute approximate surface area is 136 Å². The molecule has 1 spiro atoms. The van der Waals surface area contributed by atoms with Crippen molar-refractivity contribution < 1.29 is 22.6 Å². The van der Waals surface area contributed by atoms with Crippen LogP contribution in [0.25, 0.3) is 0 Å². The molecule has 0 aromatic carbocycles. The lowest BCUT2D eigenvalue weighted by molar-refractivity contribution is -0.192. The number of rotatable bonds is 5. The van der Waals surface area contributed by atoms with E-state index >= 15 is 0 Å². The maximum absolute atomic E-state index is 11.4.